The number of hydrogen-bond acceptors (Lipinski definition) is 2. The van der Waals surface area contributed by atoms with Crippen molar-refractivity contribution in [3.63, 3.8) is 0 Å². The van der Waals surface area contributed by atoms with Crippen molar-refractivity contribution >= 4 is 28.9 Å². The third-order valence-corrected chi connectivity index (χ3v) is 3.45. The predicted octanol–water partition coefficient (Wildman–Crippen LogP) is 3.29. The number of carbonyl (C=O) groups is 1. The molecular formula is C9H11ClO2S. The van der Waals surface area contributed by atoms with Crippen molar-refractivity contribution in [3.05, 3.63) is 20.8 Å². The van der Waals surface area contributed by atoms with Gasteiger partial charge in [-0.05, 0) is 18.6 Å². The van der Waals surface area contributed by atoms with Crippen molar-refractivity contribution in [2.75, 3.05) is 0 Å². The molecule has 0 aliphatic rings. The molecule has 0 saturated heterocycles. The summed E-state index contributed by atoms with van der Waals surface area (Å²) in [6.45, 7) is 3.86. The van der Waals surface area contributed by atoms with E-state index in [0.717, 1.165) is 14.8 Å². The Labute approximate surface area is 86.2 Å². The summed E-state index contributed by atoms with van der Waals surface area (Å²) in [7, 11) is 0. The van der Waals surface area contributed by atoms with Crippen molar-refractivity contribution in [2.45, 2.75) is 26.2 Å². The van der Waals surface area contributed by atoms with Crippen molar-refractivity contribution in [1.82, 2.24) is 0 Å². The van der Waals surface area contributed by atoms with Crippen LogP contribution in [0.2, 0.25) is 4.34 Å². The second-order valence-corrected chi connectivity index (χ2v) is 4.81. The van der Waals surface area contributed by atoms with Gasteiger partial charge in [-0.1, -0.05) is 18.5 Å². The van der Waals surface area contributed by atoms with E-state index in [2.05, 4.69) is 0 Å². The maximum absolute atomic E-state index is 10.5. The summed E-state index contributed by atoms with van der Waals surface area (Å²) in [6.07, 6.45) is 0.164. The summed E-state index contributed by atoms with van der Waals surface area (Å²) in [4.78, 5) is 11.5. The molecular weight excluding hydrogens is 208 g/mol. The van der Waals surface area contributed by atoms with Crippen LogP contribution in [0.25, 0.3) is 0 Å². The lowest BCUT2D eigenvalue weighted by Crippen LogP contribution is -2.02. The maximum atomic E-state index is 10.5. The van der Waals surface area contributed by atoms with Gasteiger partial charge in [0, 0.05) is 10.8 Å². The molecule has 0 aromatic carbocycles. The molecule has 1 rings (SSSR count). The third-order valence-electron chi connectivity index (χ3n) is 1.85. The van der Waals surface area contributed by atoms with E-state index in [1.807, 2.05) is 19.9 Å². The predicted molar refractivity (Wildman–Crippen MR) is 54.7 cm³/mol. The van der Waals surface area contributed by atoms with Crippen LogP contribution in [0, 0.1) is 6.92 Å². The second-order valence-electron chi connectivity index (χ2n) is 3.10. The van der Waals surface area contributed by atoms with Crippen LogP contribution in [-0.2, 0) is 4.79 Å². The summed E-state index contributed by atoms with van der Waals surface area (Å²) in [6, 6.07) is 1.87. The first-order chi connectivity index (χ1) is 6.00. The first-order valence-electron chi connectivity index (χ1n) is 3.98. The van der Waals surface area contributed by atoms with Gasteiger partial charge in [0.2, 0.25) is 0 Å². The molecule has 0 amide bonds. The molecule has 2 nitrogen and oxygen atoms in total. The van der Waals surface area contributed by atoms with Gasteiger partial charge in [-0.25, -0.2) is 0 Å². The van der Waals surface area contributed by atoms with Crippen molar-refractivity contribution in [3.8, 4) is 0 Å². The smallest absolute Gasteiger partial charge is 0.303 e. The summed E-state index contributed by atoms with van der Waals surface area (Å²) in [5.41, 5.74) is 1.09. The molecule has 1 aromatic rings. The number of rotatable bonds is 3. The largest absolute Gasteiger partial charge is 0.481 e. The van der Waals surface area contributed by atoms with Gasteiger partial charge < -0.3 is 5.11 Å². The normalized spacial score (nSPS) is 12.8. The highest BCUT2D eigenvalue weighted by molar-refractivity contribution is 7.16. The van der Waals surface area contributed by atoms with E-state index in [1.54, 1.807) is 0 Å². The molecule has 1 N–H and O–H groups in total. The zero-order chi connectivity index (χ0) is 10.0. The maximum Gasteiger partial charge on any atom is 0.303 e. The lowest BCUT2D eigenvalue weighted by molar-refractivity contribution is -0.137. The van der Waals surface area contributed by atoms with Crippen molar-refractivity contribution in [2.24, 2.45) is 0 Å². The van der Waals surface area contributed by atoms with E-state index < -0.39 is 5.97 Å². The number of hydrogen-bond donors (Lipinski definition) is 1. The van der Waals surface area contributed by atoms with E-state index in [-0.39, 0.29) is 12.3 Å². The van der Waals surface area contributed by atoms with E-state index in [9.17, 15) is 4.79 Å². The Bertz CT molecular complexity index is 319. The number of carboxylic acid groups (broad SMARTS) is 1. The molecule has 4 heteroatoms. The molecule has 13 heavy (non-hydrogen) atoms. The molecule has 0 bridgehead atoms. The number of aliphatic carboxylic acids is 1. The summed E-state index contributed by atoms with van der Waals surface area (Å²) in [5.74, 6) is -0.716. The molecule has 1 atom stereocenters. The molecule has 0 aliphatic carbocycles. The van der Waals surface area contributed by atoms with Gasteiger partial charge in [0.05, 0.1) is 10.8 Å². The lowest BCUT2D eigenvalue weighted by Gasteiger charge is -2.06. The Balaban J connectivity index is 2.81. The number of carboxylic acids is 1. The van der Waals surface area contributed by atoms with Gasteiger partial charge in [-0.3, -0.25) is 4.79 Å². The molecule has 0 aliphatic heterocycles. The number of thiophene rings is 1. The summed E-state index contributed by atoms with van der Waals surface area (Å²) in [5, 5.41) is 8.61. The Kier molecular flexibility index (Phi) is 3.33. The fourth-order valence-corrected chi connectivity index (χ4v) is 2.66. The molecule has 72 valence electrons. The van der Waals surface area contributed by atoms with Crippen LogP contribution in [0.5, 0.6) is 0 Å². The Morgan fingerprint density at radius 3 is 2.77 bits per heavy atom. The van der Waals surface area contributed by atoms with E-state index in [4.69, 9.17) is 16.7 Å². The molecule has 0 saturated carbocycles. The first-order valence-corrected chi connectivity index (χ1v) is 5.17. The topological polar surface area (TPSA) is 37.3 Å². The second kappa shape index (κ2) is 4.11. The number of halogens is 1. The van der Waals surface area contributed by atoms with Gasteiger partial charge in [-0.2, -0.15) is 0 Å². The lowest BCUT2D eigenvalue weighted by atomic mass is 10.0. The van der Waals surface area contributed by atoms with Gasteiger partial charge in [0.15, 0.2) is 0 Å². The molecule has 1 heterocycles. The molecule has 0 spiro atoms. The highest BCUT2D eigenvalue weighted by atomic mass is 35.5. The first kappa shape index (κ1) is 10.5. The monoisotopic (exact) mass is 218 g/mol. The minimum Gasteiger partial charge on any atom is -0.481 e. The fraction of sp³-hybridized carbons (Fsp3) is 0.444. The minimum absolute atomic E-state index is 0.0509. The minimum atomic E-state index is -0.767. The molecule has 1 unspecified atom stereocenters. The van der Waals surface area contributed by atoms with Crippen LogP contribution >= 0.6 is 22.9 Å². The van der Waals surface area contributed by atoms with Crippen LogP contribution in [0.4, 0.5) is 0 Å². The van der Waals surface area contributed by atoms with Crippen LogP contribution < -0.4 is 0 Å². The molecule has 0 radical (unpaired) electrons. The Hall–Kier alpha value is -0.540. The zero-order valence-electron chi connectivity index (χ0n) is 7.50. The van der Waals surface area contributed by atoms with E-state index in [0.29, 0.717) is 0 Å². The quantitative estimate of drug-likeness (QED) is 0.846. The van der Waals surface area contributed by atoms with Gasteiger partial charge in [0.25, 0.3) is 0 Å². The summed E-state index contributed by atoms with van der Waals surface area (Å²) >= 11 is 7.28. The van der Waals surface area contributed by atoms with Crippen LogP contribution in [0.1, 0.15) is 29.7 Å². The van der Waals surface area contributed by atoms with E-state index in [1.165, 1.54) is 11.3 Å². The van der Waals surface area contributed by atoms with Crippen molar-refractivity contribution < 1.29 is 9.90 Å². The number of aryl methyl sites for hydroxylation is 1. The van der Waals surface area contributed by atoms with Gasteiger partial charge in [0.1, 0.15) is 0 Å². The van der Waals surface area contributed by atoms with Gasteiger partial charge in [-0.15, -0.1) is 11.3 Å². The average molecular weight is 219 g/mol. The highest BCUT2D eigenvalue weighted by Gasteiger charge is 2.14. The van der Waals surface area contributed by atoms with Crippen molar-refractivity contribution in [1.29, 1.82) is 0 Å². The third kappa shape index (κ3) is 2.71. The van der Waals surface area contributed by atoms with E-state index >= 15 is 0 Å². The highest BCUT2D eigenvalue weighted by Crippen LogP contribution is 2.33. The SMILES string of the molecule is Cc1cc(Cl)sc1C(C)CC(=O)O. The Morgan fingerprint density at radius 2 is 2.38 bits per heavy atom. The molecule has 1 aromatic heterocycles. The summed E-state index contributed by atoms with van der Waals surface area (Å²) < 4.78 is 0.727. The molecule has 0 fully saturated rings. The zero-order valence-corrected chi connectivity index (χ0v) is 9.08. The Morgan fingerprint density at radius 1 is 1.77 bits per heavy atom. The average Bonchev–Trinajstić information content (AvgIpc) is 2.28. The van der Waals surface area contributed by atoms with Crippen LogP contribution in [0.15, 0.2) is 6.07 Å². The van der Waals surface area contributed by atoms with Crippen LogP contribution in [0.3, 0.4) is 0 Å². The van der Waals surface area contributed by atoms with Gasteiger partial charge >= 0.3 is 5.97 Å². The standard InChI is InChI=1S/C9H11ClO2S/c1-5-3-7(10)13-9(5)6(2)4-8(11)12/h3,6H,4H2,1-2H3,(H,11,12). The van der Waals surface area contributed by atoms with Crippen LogP contribution in [-0.4, -0.2) is 11.1 Å². The fourth-order valence-electron chi connectivity index (χ4n) is 1.30.